The molecule has 0 bridgehead atoms. The minimum absolute atomic E-state index is 0.00433. The van der Waals surface area contributed by atoms with E-state index in [4.69, 9.17) is 4.42 Å². The van der Waals surface area contributed by atoms with E-state index in [9.17, 15) is 5.11 Å². The zero-order valence-corrected chi connectivity index (χ0v) is 13.3. The molecule has 7 nitrogen and oxygen atoms in total. The maximum absolute atomic E-state index is 9.22. The highest BCUT2D eigenvalue weighted by Crippen LogP contribution is 2.21. The Hall–Kier alpha value is -2.93. The number of aromatic nitrogens is 3. The molecular weight excluding hydrogens is 306 g/mol. The van der Waals surface area contributed by atoms with Gasteiger partial charge >= 0.3 is 0 Å². The molecule has 0 radical (unpaired) electrons. The van der Waals surface area contributed by atoms with Crippen LogP contribution in [0.4, 0.5) is 11.8 Å². The molecule has 0 saturated heterocycles. The van der Waals surface area contributed by atoms with Crippen molar-refractivity contribution in [1.82, 2.24) is 15.0 Å². The fourth-order valence-corrected chi connectivity index (χ4v) is 2.12. The van der Waals surface area contributed by atoms with Crippen molar-refractivity contribution in [1.29, 1.82) is 0 Å². The van der Waals surface area contributed by atoms with E-state index in [-0.39, 0.29) is 12.6 Å². The predicted octanol–water partition coefficient (Wildman–Crippen LogP) is 2.54. The van der Waals surface area contributed by atoms with Crippen LogP contribution < -0.4 is 10.6 Å². The van der Waals surface area contributed by atoms with Crippen LogP contribution in [0.25, 0.3) is 11.3 Å². The van der Waals surface area contributed by atoms with Crippen LogP contribution >= 0.6 is 0 Å². The van der Waals surface area contributed by atoms with E-state index in [2.05, 4.69) is 25.6 Å². The molecule has 124 valence electrons. The molecule has 7 heteroatoms. The number of anilines is 2. The molecular formula is C17H19N5O2. The fraction of sp³-hybridized carbons (Fsp3) is 0.235. The summed E-state index contributed by atoms with van der Waals surface area (Å²) in [4.78, 5) is 13.1. The molecule has 3 aromatic heterocycles. The molecule has 0 aliphatic heterocycles. The number of nitrogens with zero attached hydrogens (tertiary/aromatic N) is 3. The molecule has 3 rings (SSSR count). The number of pyridine rings is 1. The second-order valence-corrected chi connectivity index (χ2v) is 5.36. The Morgan fingerprint density at radius 2 is 2.17 bits per heavy atom. The Balaban J connectivity index is 1.87. The number of aliphatic hydroxyl groups is 1. The lowest BCUT2D eigenvalue weighted by Gasteiger charge is -2.14. The maximum atomic E-state index is 9.22. The highest BCUT2D eigenvalue weighted by molar-refractivity contribution is 5.63. The molecule has 0 spiro atoms. The summed E-state index contributed by atoms with van der Waals surface area (Å²) in [7, 11) is 0. The zero-order valence-electron chi connectivity index (χ0n) is 13.3. The van der Waals surface area contributed by atoms with Gasteiger partial charge in [0.25, 0.3) is 0 Å². The van der Waals surface area contributed by atoms with Crippen LogP contribution in [-0.2, 0) is 6.54 Å². The van der Waals surface area contributed by atoms with E-state index in [1.54, 1.807) is 18.7 Å². The van der Waals surface area contributed by atoms with Gasteiger partial charge in [0.2, 0.25) is 5.95 Å². The van der Waals surface area contributed by atoms with Crippen molar-refractivity contribution >= 4 is 11.8 Å². The normalized spacial score (nSPS) is 11.9. The smallest absolute Gasteiger partial charge is 0.225 e. The van der Waals surface area contributed by atoms with E-state index in [1.165, 1.54) is 0 Å². The summed E-state index contributed by atoms with van der Waals surface area (Å²) >= 11 is 0. The van der Waals surface area contributed by atoms with Gasteiger partial charge in [-0.05, 0) is 31.2 Å². The first-order valence-corrected chi connectivity index (χ1v) is 7.67. The SMILES string of the molecule is C[C@@H](CO)Nc1nc(NCc2ccco2)cc(-c2cccnc2)n1. The first-order chi connectivity index (χ1) is 11.7. The van der Waals surface area contributed by atoms with Crippen LogP contribution in [-0.4, -0.2) is 32.7 Å². The Labute approximate surface area is 139 Å². The molecule has 3 aromatic rings. The summed E-state index contributed by atoms with van der Waals surface area (Å²) in [5.74, 6) is 1.92. The zero-order chi connectivity index (χ0) is 16.8. The lowest BCUT2D eigenvalue weighted by Crippen LogP contribution is -2.21. The number of rotatable bonds is 7. The molecule has 0 aliphatic carbocycles. The summed E-state index contributed by atoms with van der Waals surface area (Å²) in [6, 6.07) is 9.24. The van der Waals surface area contributed by atoms with Crippen molar-refractivity contribution in [2.45, 2.75) is 19.5 Å². The largest absolute Gasteiger partial charge is 0.467 e. The van der Waals surface area contributed by atoms with E-state index >= 15 is 0 Å². The first-order valence-electron chi connectivity index (χ1n) is 7.67. The third-order valence-electron chi connectivity index (χ3n) is 3.36. The summed E-state index contributed by atoms with van der Waals surface area (Å²) in [6.45, 7) is 2.37. The minimum atomic E-state index is -0.146. The van der Waals surface area contributed by atoms with Crippen LogP contribution in [0.1, 0.15) is 12.7 Å². The number of nitrogens with one attached hydrogen (secondary N) is 2. The van der Waals surface area contributed by atoms with Crippen LogP contribution in [0, 0.1) is 0 Å². The van der Waals surface area contributed by atoms with Gasteiger partial charge in [0.1, 0.15) is 11.6 Å². The Morgan fingerprint density at radius 3 is 2.88 bits per heavy atom. The molecule has 0 amide bonds. The Morgan fingerprint density at radius 1 is 1.25 bits per heavy atom. The summed E-state index contributed by atoms with van der Waals surface area (Å²) < 4.78 is 5.32. The van der Waals surface area contributed by atoms with Gasteiger partial charge in [0, 0.05) is 30.1 Å². The first kappa shape index (κ1) is 15.9. The fourth-order valence-electron chi connectivity index (χ4n) is 2.12. The Kier molecular flexibility index (Phi) is 5.02. The topological polar surface area (TPSA) is 96.1 Å². The van der Waals surface area contributed by atoms with Gasteiger partial charge in [0.15, 0.2) is 0 Å². The monoisotopic (exact) mass is 325 g/mol. The highest BCUT2D eigenvalue weighted by Gasteiger charge is 2.09. The Bertz CT molecular complexity index is 762. The third-order valence-corrected chi connectivity index (χ3v) is 3.36. The van der Waals surface area contributed by atoms with Gasteiger partial charge in [-0.25, -0.2) is 4.98 Å². The molecule has 0 saturated carbocycles. The molecule has 3 heterocycles. The molecule has 0 aromatic carbocycles. The van der Waals surface area contributed by atoms with E-state index in [0.717, 1.165) is 17.0 Å². The lowest BCUT2D eigenvalue weighted by atomic mass is 10.2. The molecule has 3 N–H and O–H groups in total. The third kappa shape index (κ3) is 4.08. The minimum Gasteiger partial charge on any atom is -0.467 e. The maximum Gasteiger partial charge on any atom is 0.225 e. The van der Waals surface area contributed by atoms with Gasteiger partial charge in [-0.15, -0.1) is 0 Å². The van der Waals surface area contributed by atoms with Crippen molar-refractivity contribution in [3.8, 4) is 11.3 Å². The van der Waals surface area contributed by atoms with Gasteiger partial charge in [-0.2, -0.15) is 4.98 Å². The molecule has 0 unspecified atom stereocenters. The van der Waals surface area contributed by atoms with Crippen molar-refractivity contribution in [2.75, 3.05) is 17.2 Å². The number of hydrogen-bond donors (Lipinski definition) is 3. The standard InChI is InChI=1S/C17H19N5O2/c1-12(11-23)20-17-21-15(13-4-2-6-18-9-13)8-16(22-17)19-10-14-5-3-7-24-14/h2-9,12,23H,10-11H2,1H3,(H2,19,20,21,22)/t12-/m0/s1. The number of hydrogen-bond acceptors (Lipinski definition) is 7. The van der Waals surface area contributed by atoms with E-state index in [0.29, 0.717) is 18.3 Å². The highest BCUT2D eigenvalue weighted by atomic mass is 16.3. The molecule has 0 fully saturated rings. The summed E-state index contributed by atoms with van der Waals surface area (Å²) in [5.41, 5.74) is 1.63. The quantitative estimate of drug-likeness (QED) is 0.614. The van der Waals surface area contributed by atoms with Crippen LogP contribution in [0.2, 0.25) is 0 Å². The summed E-state index contributed by atoms with van der Waals surface area (Å²) in [5, 5.41) is 15.5. The van der Waals surface area contributed by atoms with Gasteiger partial charge in [-0.3, -0.25) is 4.98 Å². The van der Waals surface area contributed by atoms with Crippen LogP contribution in [0.15, 0.2) is 53.4 Å². The number of aliphatic hydroxyl groups excluding tert-OH is 1. The van der Waals surface area contributed by atoms with Crippen molar-refractivity contribution in [3.63, 3.8) is 0 Å². The molecule has 0 aliphatic rings. The second-order valence-electron chi connectivity index (χ2n) is 5.36. The van der Waals surface area contributed by atoms with Gasteiger partial charge < -0.3 is 20.2 Å². The van der Waals surface area contributed by atoms with Gasteiger partial charge in [-0.1, -0.05) is 0 Å². The van der Waals surface area contributed by atoms with E-state index in [1.807, 2.05) is 37.3 Å². The molecule has 24 heavy (non-hydrogen) atoms. The predicted molar refractivity (Wildman–Crippen MR) is 91.5 cm³/mol. The van der Waals surface area contributed by atoms with Crippen molar-refractivity contribution in [2.24, 2.45) is 0 Å². The van der Waals surface area contributed by atoms with Crippen molar-refractivity contribution < 1.29 is 9.52 Å². The second kappa shape index (κ2) is 7.56. The van der Waals surface area contributed by atoms with Crippen LogP contribution in [0.3, 0.4) is 0 Å². The average molecular weight is 325 g/mol. The van der Waals surface area contributed by atoms with Gasteiger partial charge in [0.05, 0.1) is 25.1 Å². The number of furan rings is 1. The molecule has 1 atom stereocenters. The lowest BCUT2D eigenvalue weighted by molar-refractivity contribution is 0.281. The average Bonchev–Trinajstić information content (AvgIpc) is 3.14. The van der Waals surface area contributed by atoms with Crippen molar-refractivity contribution in [3.05, 3.63) is 54.7 Å². The van der Waals surface area contributed by atoms with E-state index < -0.39 is 0 Å². The van der Waals surface area contributed by atoms with Crippen LogP contribution in [0.5, 0.6) is 0 Å². The summed E-state index contributed by atoms with van der Waals surface area (Å²) in [6.07, 6.45) is 5.10.